The van der Waals surface area contributed by atoms with E-state index in [1.807, 2.05) is 30.3 Å². The molecule has 3 aromatic carbocycles. The zero-order valence-electron chi connectivity index (χ0n) is 16.9. The Labute approximate surface area is 180 Å². The number of nitrogens with one attached hydrogen (secondary N) is 1. The molecule has 0 radical (unpaired) electrons. The van der Waals surface area contributed by atoms with Crippen LogP contribution in [0.5, 0.6) is 23.0 Å². The van der Waals surface area contributed by atoms with Gasteiger partial charge in [0.2, 0.25) is 0 Å². The molecule has 3 rings (SSSR count). The molecule has 30 heavy (non-hydrogen) atoms. The lowest BCUT2D eigenvalue weighted by molar-refractivity contribution is 0.102. The van der Waals surface area contributed by atoms with Crippen molar-refractivity contribution in [2.45, 2.75) is 6.61 Å². The summed E-state index contributed by atoms with van der Waals surface area (Å²) in [7, 11) is 4.57. The first kappa shape index (κ1) is 21.3. The van der Waals surface area contributed by atoms with Gasteiger partial charge in [-0.1, -0.05) is 41.9 Å². The molecule has 0 aliphatic heterocycles. The van der Waals surface area contributed by atoms with E-state index in [-0.39, 0.29) is 10.9 Å². The Morgan fingerprint density at radius 3 is 2.30 bits per heavy atom. The maximum Gasteiger partial charge on any atom is 0.255 e. The van der Waals surface area contributed by atoms with Gasteiger partial charge in [-0.2, -0.15) is 0 Å². The SMILES string of the molecule is COc1ccc(OC)c(NC(=O)c2cc(Cl)c(OCc3ccccc3)c(OC)c2)c1. The number of ether oxygens (including phenoxy) is 4. The summed E-state index contributed by atoms with van der Waals surface area (Å²) in [4.78, 5) is 12.8. The Bertz CT molecular complexity index is 1020. The van der Waals surface area contributed by atoms with Crippen LogP contribution in [-0.4, -0.2) is 27.2 Å². The van der Waals surface area contributed by atoms with Gasteiger partial charge < -0.3 is 24.3 Å². The first-order valence-electron chi connectivity index (χ1n) is 9.13. The van der Waals surface area contributed by atoms with Gasteiger partial charge in [0.05, 0.1) is 32.0 Å². The molecule has 1 N–H and O–H groups in total. The smallest absolute Gasteiger partial charge is 0.255 e. The van der Waals surface area contributed by atoms with Crippen LogP contribution in [0.15, 0.2) is 60.7 Å². The van der Waals surface area contributed by atoms with Gasteiger partial charge in [0.15, 0.2) is 11.5 Å². The molecule has 1 amide bonds. The molecule has 7 heteroatoms. The number of carbonyl (C=O) groups excluding carboxylic acids is 1. The second kappa shape index (κ2) is 9.89. The van der Waals surface area contributed by atoms with Crippen molar-refractivity contribution in [3.63, 3.8) is 0 Å². The predicted octanol–water partition coefficient (Wildman–Crippen LogP) is 5.20. The molecule has 0 fully saturated rings. The van der Waals surface area contributed by atoms with Gasteiger partial charge in [-0.05, 0) is 29.8 Å². The van der Waals surface area contributed by atoms with Crippen LogP contribution in [0.25, 0.3) is 0 Å². The van der Waals surface area contributed by atoms with Crippen molar-refractivity contribution in [1.29, 1.82) is 0 Å². The average molecular weight is 428 g/mol. The molecule has 0 atom stereocenters. The van der Waals surface area contributed by atoms with E-state index in [1.165, 1.54) is 20.3 Å². The fourth-order valence-corrected chi connectivity index (χ4v) is 3.09. The van der Waals surface area contributed by atoms with E-state index >= 15 is 0 Å². The van der Waals surface area contributed by atoms with Crippen LogP contribution in [0, 0.1) is 0 Å². The zero-order valence-corrected chi connectivity index (χ0v) is 17.7. The molecule has 156 valence electrons. The highest BCUT2D eigenvalue weighted by molar-refractivity contribution is 6.32. The predicted molar refractivity (Wildman–Crippen MR) is 116 cm³/mol. The maximum atomic E-state index is 12.8. The molecule has 0 saturated heterocycles. The molecule has 0 aliphatic carbocycles. The summed E-state index contributed by atoms with van der Waals surface area (Å²) in [5, 5.41) is 3.08. The van der Waals surface area contributed by atoms with E-state index in [0.29, 0.717) is 40.9 Å². The largest absolute Gasteiger partial charge is 0.497 e. The third-order valence-electron chi connectivity index (χ3n) is 4.37. The van der Waals surface area contributed by atoms with Gasteiger partial charge in [0.1, 0.15) is 18.1 Å². The molecular formula is C23H22ClNO5. The van der Waals surface area contributed by atoms with E-state index in [4.69, 9.17) is 30.5 Å². The molecule has 0 spiro atoms. The number of halogens is 1. The van der Waals surface area contributed by atoms with Gasteiger partial charge in [-0.25, -0.2) is 0 Å². The van der Waals surface area contributed by atoms with Crippen LogP contribution in [0.1, 0.15) is 15.9 Å². The van der Waals surface area contributed by atoms with E-state index in [9.17, 15) is 4.79 Å². The third kappa shape index (κ3) is 4.96. The van der Waals surface area contributed by atoms with Crippen LogP contribution in [0.2, 0.25) is 5.02 Å². The second-order valence-corrected chi connectivity index (χ2v) is 6.69. The van der Waals surface area contributed by atoms with Crippen molar-refractivity contribution >= 4 is 23.2 Å². The minimum Gasteiger partial charge on any atom is -0.497 e. The number of anilines is 1. The van der Waals surface area contributed by atoms with Crippen molar-refractivity contribution < 1.29 is 23.7 Å². The number of hydrogen-bond acceptors (Lipinski definition) is 5. The Morgan fingerprint density at radius 2 is 1.63 bits per heavy atom. The molecular weight excluding hydrogens is 406 g/mol. The summed E-state index contributed by atoms with van der Waals surface area (Å²) in [6.07, 6.45) is 0. The molecule has 6 nitrogen and oxygen atoms in total. The van der Waals surface area contributed by atoms with Gasteiger partial charge in [-0.15, -0.1) is 0 Å². The highest BCUT2D eigenvalue weighted by atomic mass is 35.5. The van der Waals surface area contributed by atoms with Crippen molar-refractivity contribution in [2.24, 2.45) is 0 Å². The maximum absolute atomic E-state index is 12.8. The summed E-state index contributed by atoms with van der Waals surface area (Å²) in [6.45, 7) is 0.323. The van der Waals surface area contributed by atoms with Gasteiger partial charge >= 0.3 is 0 Å². The van der Waals surface area contributed by atoms with E-state index in [2.05, 4.69) is 5.32 Å². The molecule has 0 heterocycles. The summed E-state index contributed by atoms with van der Waals surface area (Å²) < 4.78 is 21.8. The van der Waals surface area contributed by atoms with Crippen molar-refractivity contribution in [3.8, 4) is 23.0 Å². The van der Waals surface area contributed by atoms with Gasteiger partial charge in [0.25, 0.3) is 5.91 Å². The number of rotatable bonds is 8. The first-order chi connectivity index (χ1) is 14.5. The summed E-state index contributed by atoms with van der Waals surface area (Å²) >= 11 is 6.40. The van der Waals surface area contributed by atoms with Crippen LogP contribution in [0.3, 0.4) is 0 Å². The fraction of sp³-hybridized carbons (Fsp3) is 0.174. The quantitative estimate of drug-likeness (QED) is 0.535. The number of amides is 1. The Morgan fingerprint density at radius 1 is 0.900 bits per heavy atom. The Kier molecular flexibility index (Phi) is 7.03. The first-order valence-corrected chi connectivity index (χ1v) is 9.51. The van der Waals surface area contributed by atoms with Gasteiger partial charge in [-0.3, -0.25) is 4.79 Å². The average Bonchev–Trinajstić information content (AvgIpc) is 2.78. The number of methoxy groups -OCH3 is 3. The molecule has 0 unspecified atom stereocenters. The van der Waals surface area contributed by atoms with Crippen LogP contribution in [-0.2, 0) is 6.61 Å². The minimum absolute atomic E-state index is 0.271. The topological polar surface area (TPSA) is 66.0 Å². The minimum atomic E-state index is -0.378. The van der Waals surface area contributed by atoms with E-state index in [0.717, 1.165) is 5.56 Å². The lowest BCUT2D eigenvalue weighted by Crippen LogP contribution is -2.13. The second-order valence-electron chi connectivity index (χ2n) is 6.28. The summed E-state index contributed by atoms with van der Waals surface area (Å²) in [5.74, 6) is 1.45. The molecule has 0 aromatic heterocycles. The van der Waals surface area contributed by atoms with Crippen LogP contribution in [0.4, 0.5) is 5.69 Å². The lowest BCUT2D eigenvalue weighted by atomic mass is 10.1. The standard InChI is InChI=1S/C23H22ClNO5/c1-27-17-9-10-20(28-2)19(13-17)25-23(26)16-11-18(24)22(21(12-16)29-3)30-14-15-7-5-4-6-8-15/h4-13H,14H2,1-3H3,(H,25,26). The monoisotopic (exact) mass is 427 g/mol. The lowest BCUT2D eigenvalue weighted by Gasteiger charge is -2.15. The third-order valence-corrected chi connectivity index (χ3v) is 4.65. The number of benzene rings is 3. The Hall–Kier alpha value is -3.38. The van der Waals surface area contributed by atoms with Crippen molar-refractivity contribution in [3.05, 3.63) is 76.8 Å². The van der Waals surface area contributed by atoms with Crippen molar-refractivity contribution in [1.82, 2.24) is 0 Å². The highest BCUT2D eigenvalue weighted by Gasteiger charge is 2.18. The van der Waals surface area contributed by atoms with Crippen molar-refractivity contribution in [2.75, 3.05) is 26.6 Å². The summed E-state index contributed by atoms with van der Waals surface area (Å²) in [5.41, 5.74) is 1.78. The number of hydrogen-bond donors (Lipinski definition) is 1. The van der Waals surface area contributed by atoms with Crippen LogP contribution < -0.4 is 24.3 Å². The normalized spacial score (nSPS) is 10.3. The zero-order chi connectivity index (χ0) is 21.5. The fourth-order valence-electron chi connectivity index (χ4n) is 2.83. The number of carbonyl (C=O) groups is 1. The van der Waals surface area contributed by atoms with E-state index in [1.54, 1.807) is 31.4 Å². The van der Waals surface area contributed by atoms with E-state index < -0.39 is 0 Å². The Balaban J connectivity index is 1.83. The van der Waals surface area contributed by atoms with Crippen LogP contribution >= 0.6 is 11.6 Å². The van der Waals surface area contributed by atoms with Gasteiger partial charge in [0, 0.05) is 11.6 Å². The molecule has 0 bridgehead atoms. The summed E-state index contributed by atoms with van der Waals surface area (Å²) in [6, 6.07) is 17.9. The molecule has 0 aliphatic rings. The molecule has 3 aromatic rings. The highest BCUT2D eigenvalue weighted by Crippen LogP contribution is 2.37. The molecule has 0 saturated carbocycles.